The molecule has 0 amide bonds. The van der Waals surface area contributed by atoms with Gasteiger partial charge in [-0.3, -0.25) is 0 Å². The van der Waals surface area contributed by atoms with Gasteiger partial charge >= 0.3 is 0 Å². The van der Waals surface area contributed by atoms with E-state index in [0.717, 1.165) is 0 Å². The Bertz CT molecular complexity index is 159. The van der Waals surface area contributed by atoms with E-state index in [4.69, 9.17) is 5.11 Å². The average Bonchev–Trinajstić information content (AvgIpc) is 1.86. The Morgan fingerprint density at radius 3 is 2.11 bits per heavy atom. The summed E-state index contributed by atoms with van der Waals surface area (Å²) in [6, 6.07) is 0. The van der Waals surface area contributed by atoms with Gasteiger partial charge in [0.2, 0.25) is 0 Å². The van der Waals surface area contributed by atoms with Crippen LogP contribution in [0.15, 0.2) is 0 Å². The summed E-state index contributed by atoms with van der Waals surface area (Å²) in [4.78, 5) is 0. The van der Waals surface area contributed by atoms with Crippen molar-refractivity contribution in [3.63, 3.8) is 0 Å². The van der Waals surface area contributed by atoms with Crippen LogP contribution in [-0.2, 0) is 9.84 Å². The Hall–Kier alpha value is -0.0900. The molecule has 56 valence electrons. The highest BCUT2D eigenvalue weighted by atomic mass is 32.2. The summed E-state index contributed by atoms with van der Waals surface area (Å²) in [5.74, 6) is 0.106. The minimum absolute atomic E-state index is 0.106. The molecule has 0 aromatic rings. The van der Waals surface area contributed by atoms with Crippen molar-refractivity contribution in [2.24, 2.45) is 0 Å². The van der Waals surface area contributed by atoms with Crippen LogP contribution < -0.4 is 0 Å². The maximum Gasteiger partial charge on any atom is 0.154 e. The summed E-state index contributed by atoms with van der Waals surface area (Å²) >= 11 is 0. The quantitative estimate of drug-likeness (QED) is 0.609. The number of hydrogen-bond donors (Lipinski definition) is 1. The molecule has 0 radical (unpaired) electrons. The van der Waals surface area contributed by atoms with E-state index in [-0.39, 0.29) is 12.4 Å². The van der Waals surface area contributed by atoms with Crippen molar-refractivity contribution in [3.8, 4) is 0 Å². The van der Waals surface area contributed by atoms with Crippen LogP contribution >= 0.6 is 0 Å². The van der Waals surface area contributed by atoms with Crippen LogP contribution in [0.1, 0.15) is 13.8 Å². The van der Waals surface area contributed by atoms with Crippen LogP contribution in [-0.4, -0.2) is 31.1 Å². The van der Waals surface area contributed by atoms with Gasteiger partial charge in [0.25, 0.3) is 0 Å². The average molecular weight is 152 g/mol. The van der Waals surface area contributed by atoms with Gasteiger partial charge in [0.1, 0.15) is 0 Å². The maximum absolute atomic E-state index is 10.8. The van der Waals surface area contributed by atoms with E-state index < -0.39 is 15.1 Å². The molecule has 0 aromatic carbocycles. The fourth-order valence-electron chi connectivity index (χ4n) is 0.398. The third-order valence-electron chi connectivity index (χ3n) is 1.27. The van der Waals surface area contributed by atoms with Gasteiger partial charge in [-0.05, 0) is 6.92 Å². The molecule has 1 unspecified atom stereocenters. The fourth-order valence-corrected chi connectivity index (χ4v) is 1.19. The molecule has 1 atom stereocenters. The van der Waals surface area contributed by atoms with E-state index in [0.29, 0.717) is 0 Å². The maximum atomic E-state index is 10.8. The first-order chi connectivity index (χ1) is 4.04. The number of sulfone groups is 1. The van der Waals surface area contributed by atoms with Crippen LogP contribution in [0.4, 0.5) is 0 Å². The summed E-state index contributed by atoms with van der Waals surface area (Å²) < 4.78 is 21.5. The highest BCUT2D eigenvalue weighted by Crippen LogP contribution is 1.98. The van der Waals surface area contributed by atoms with Gasteiger partial charge in [-0.15, -0.1) is 0 Å². The summed E-state index contributed by atoms with van der Waals surface area (Å²) in [5, 5.41) is 7.81. The lowest BCUT2D eigenvalue weighted by atomic mass is 10.5. The lowest BCUT2D eigenvalue weighted by Gasteiger charge is -2.05. The largest absolute Gasteiger partial charge is 0.395 e. The first-order valence-corrected chi connectivity index (χ1v) is 4.58. The van der Waals surface area contributed by atoms with Gasteiger partial charge in [0.15, 0.2) is 9.84 Å². The van der Waals surface area contributed by atoms with Gasteiger partial charge in [0, 0.05) is 5.75 Å². The van der Waals surface area contributed by atoms with Crippen molar-refractivity contribution in [1.82, 2.24) is 0 Å². The van der Waals surface area contributed by atoms with Crippen LogP contribution in [0.25, 0.3) is 0 Å². The molecule has 3 nitrogen and oxygen atoms in total. The number of rotatable bonds is 3. The van der Waals surface area contributed by atoms with Crippen LogP contribution in [0.2, 0.25) is 0 Å². The molecule has 0 rings (SSSR count). The Morgan fingerprint density at radius 2 is 2.00 bits per heavy atom. The smallest absolute Gasteiger partial charge is 0.154 e. The van der Waals surface area contributed by atoms with E-state index in [1.54, 1.807) is 6.92 Å². The number of aliphatic hydroxyl groups is 1. The van der Waals surface area contributed by atoms with Gasteiger partial charge in [-0.2, -0.15) is 0 Å². The Kier molecular flexibility index (Phi) is 3.14. The molecule has 0 aliphatic heterocycles. The topological polar surface area (TPSA) is 54.4 Å². The van der Waals surface area contributed by atoms with Crippen molar-refractivity contribution >= 4 is 9.84 Å². The molecule has 0 heterocycles. The van der Waals surface area contributed by atoms with Crippen LogP contribution in [0.3, 0.4) is 0 Å². The molecule has 4 heteroatoms. The van der Waals surface area contributed by atoms with Crippen LogP contribution in [0, 0.1) is 0 Å². The Labute approximate surface area is 55.6 Å². The Morgan fingerprint density at radius 1 is 1.56 bits per heavy atom. The van der Waals surface area contributed by atoms with Gasteiger partial charge < -0.3 is 5.11 Å². The van der Waals surface area contributed by atoms with Crippen LogP contribution in [0.5, 0.6) is 0 Å². The molecule has 0 saturated heterocycles. The van der Waals surface area contributed by atoms with Crippen molar-refractivity contribution in [1.29, 1.82) is 0 Å². The van der Waals surface area contributed by atoms with Gasteiger partial charge in [0.05, 0.1) is 11.9 Å². The highest BCUT2D eigenvalue weighted by molar-refractivity contribution is 7.91. The predicted octanol–water partition coefficient (Wildman–Crippen LogP) is -0.198. The number of aliphatic hydroxyl groups excluding tert-OH is 1. The fraction of sp³-hybridized carbons (Fsp3) is 1.00. The molecule has 0 fully saturated rings. The normalized spacial score (nSPS) is 15.4. The molecule has 0 aliphatic carbocycles. The van der Waals surface area contributed by atoms with E-state index in [1.165, 1.54) is 6.92 Å². The lowest BCUT2D eigenvalue weighted by Crippen LogP contribution is -2.22. The zero-order valence-electron chi connectivity index (χ0n) is 5.66. The molecule has 0 saturated carbocycles. The zero-order valence-corrected chi connectivity index (χ0v) is 6.48. The van der Waals surface area contributed by atoms with Crippen molar-refractivity contribution in [3.05, 3.63) is 0 Å². The standard InChI is InChI=1S/C5H12O3S/c1-3-9(7,8)5(2)4-6/h5-6H,3-4H2,1-2H3. The van der Waals surface area contributed by atoms with Gasteiger partial charge in [-0.25, -0.2) is 8.42 Å². The molecular weight excluding hydrogens is 140 g/mol. The first-order valence-electron chi connectivity index (χ1n) is 2.87. The second-order valence-corrected chi connectivity index (χ2v) is 4.65. The van der Waals surface area contributed by atoms with Crippen molar-refractivity contribution < 1.29 is 13.5 Å². The van der Waals surface area contributed by atoms with E-state index in [1.807, 2.05) is 0 Å². The van der Waals surface area contributed by atoms with E-state index in [2.05, 4.69) is 0 Å². The second-order valence-electron chi connectivity index (χ2n) is 1.94. The molecule has 0 aliphatic rings. The summed E-state index contributed by atoms with van der Waals surface area (Å²) in [7, 11) is -3.00. The number of hydrogen-bond acceptors (Lipinski definition) is 3. The Balaban J connectivity index is 4.17. The van der Waals surface area contributed by atoms with Crippen molar-refractivity contribution in [2.75, 3.05) is 12.4 Å². The lowest BCUT2D eigenvalue weighted by molar-refractivity contribution is 0.295. The molecule has 1 N–H and O–H groups in total. The minimum atomic E-state index is -3.00. The zero-order chi connectivity index (χ0) is 7.49. The van der Waals surface area contributed by atoms with Crippen molar-refractivity contribution in [2.45, 2.75) is 19.1 Å². The first kappa shape index (κ1) is 8.91. The van der Waals surface area contributed by atoms with E-state index in [9.17, 15) is 8.42 Å². The molecule has 0 bridgehead atoms. The molecular formula is C5H12O3S. The highest BCUT2D eigenvalue weighted by Gasteiger charge is 2.16. The predicted molar refractivity (Wildman–Crippen MR) is 36.0 cm³/mol. The summed E-state index contributed by atoms with van der Waals surface area (Å²) in [6.45, 7) is 2.79. The molecule has 0 spiro atoms. The third kappa shape index (κ3) is 2.32. The SMILES string of the molecule is CCS(=O)(=O)C(C)CO. The molecule has 0 aromatic heterocycles. The monoisotopic (exact) mass is 152 g/mol. The van der Waals surface area contributed by atoms with E-state index >= 15 is 0 Å². The second kappa shape index (κ2) is 3.17. The van der Waals surface area contributed by atoms with Gasteiger partial charge in [-0.1, -0.05) is 6.92 Å². The minimum Gasteiger partial charge on any atom is -0.395 e. The summed E-state index contributed by atoms with van der Waals surface area (Å²) in [5.41, 5.74) is 0. The molecule has 9 heavy (non-hydrogen) atoms. The third-order valence-corrected chi connectivity index (χ3v) is 3.45. The summed E-state index contributed by atoms with van der Waals surface area (Å²) in [6.07, 6.45) is 0.